The molecular formula is C23H27N3O2S. The highest BCUT2D eigenvalue weighted by atomic mass is 32.1. The van der Waals surface area contributed by atoms with Gasteiger partial charge in [0.1, 0.15) is 11.7 Å². The van der Waals surface area contributed by atoms with E-state index in [9.17, 15) is 4.79 Å². The van der Waals surface area contributed by atoms with Gasteiger partial charge in [0, 0.05) is 26.2 Å². The third-order valence-corrected chi connectivity index (χ3v) is 6.30. The van der Waals surface area contributed by atoms with Gasteiger partial charge in [0.2, 0.25) is 5.91 Å². The summed E-state index contributed by atoms with van der Waals surface area (Å²) in [5.41, 5.74) is 2.49. The number of fused-ring (bicyclic) bond motifs is 4. The highest BCUT2D eigenvalue weighted by Gasteiger charge is 2.58. The number of aryl methyl sites for hydroxylation is 1. The van der Waals surface area contributed by atoms with Crippen molar-refractivity contribution in [2.45, 2.75) is 32.0 Å². The highest BCUT2D eigenvalue weighted by molar-refractivity contribution is 7.80. The largest absolute Gasteiger partial charge is 0.467 e. The van der Waals surface area contributed by atoms with Crippen LogP contribution >= 0.6 is 12.2 Å². The number of hydrogen-bond acceptors (Lipinski definition) is 3. The van der Waals surface area contributed by atoms with E-state index in [2.05, 4.69) is 23.5 Å². The number of benzene rings is 2. The van der Waals surface area contributed by atoms with Crippen molar-refractivity contribution < 1.29 is 9.53 Å². The van der Waals surface area contributed by atoms with Gasteiger partial charge in [0.15, 0.2) is 10.8 Å². The van der Waals surface area contributed by atoms with Gasteiger partial charge in [0.05, 0.1) is 6.04 Å². The van der Waals surface area contributed by atoms with E-state index in [0.29, 0.717) is 11.7 Å². The number of nitrogens with one attached hydrogen (secondary N) is 1. The Bertz CT molecular complexity index is 946. The zero-order chi connectivity index (χ0) is 20.8. The Morgan fingerprint density at radius 1 is 1.24 bits per heavy atom. The number of nitrogens with zero attached hydrogens (tertiary/aromatic N) is 2. The molecule has 0 saturated carbocycles. The Kier molecular flexibility index (Phi) is 4.99. The molecule has 2 aromatic carbocycles. The average molecular weight is 410 g/mol. The molecule has 1 fully saturated rings. The van der Waals surface area contributed by atoms with Crippen molar-refractivity contribution in [1.29, 1.82) is 0 Å². The fourth-order valence-electron chi connectivity index (χ4n) is 4.43. The van der Waals surface area contributed by atoms with E-state index < -0.39 is 11.6 Å². The smallest absolute Gasteiger partial charge is 0.233 e. The number of amides is 1. The van der Waals surface area contributed by atoms with Gasteiger partial charge in [0.25, 0.3) is 0 Å². The molecule has 2 aliphatic rings. The number of rotatable bonds is 4. The molecule has 152 valence electrons. The maximum atomic E-state index is 13.3. The van der Waals surface area contributed by atoms with E-state index in [-0.39, 0.29) is 11.9 Å². The van der Waals surface area contributed by atoms with E-state index in [1.54, 1.807) is 19.0 Å². The minimum Gasteiger partial charge on any atom is -0.467 e. The van der Waals surface area contributed by atoms with Crippen molar-refractivity contribution in [3.05, 3.63) is 65.2 Å². The standard InChI is InChI=1S/C23H27N3O2S/c1-15-10-11-18-17(14-15)20-19(21(27)25(3)4)23(2,28-18)26(22(29)24-20)13-12-16-8-6-5-7-9-16/h5-11,14,19-20H,12-13H2,1-4H3,(H,24,29). The highest BCUT2D eigenvalue weighted by Crippen LogP contribution is 2.48. The van der Waals surface area contributed by atoms with Crippen LogP contribution in [0.3, 0.4) is 0 Å². The first kappa shape index (κ1) is 19.7. The lowest BCUT2D eigenvalue weighted by atomic mass is 9.78. The molecule has 2 bridgehead atoms. The van der Waals surface area contributed by atoms with Gasteiger partial charge in [-0.2, -0.15) is 0 Å². The monoisotopic (exact) mass is 409 g/mol. The van der Waals surface area contributed by atoms with E-state index in [1.165, 1.54) is 5.56 Å². The summed E-state index contributed by atoms with van der Waals surface area (Å²) in [5.74, 6) is 0.434. The Balaban J connectivity index is 1.74. The SMILES string of the molecule is Cc1ccc2c(c1)C1NC(=S)N(CCc3ccccc3)C(C)(O2)C1C(=O)N(C)C. The Morgan fingerprint density at radius 2 is 1.97 bits per heavy atom. The second-order valence-electron chi connectivity index (χ2n) is 8.22. The van der Waals surface area contributed by atoms with Crippen LogP contribution in [0.5, 0.6) is 5.75 Å². The Hall–Kier alpha value is -2.60. The Labute approximate surface area is 177 Å². The molecule has 0 radical (unpaired) electrons. The molecule has 2 aliphatic heterocycles. The van der Waals surface area contributed by atoms with Crippen molar-refractivity contribution in [3.8, 4) is 5.75 Å². The summed E-state index contributed by atoms with van der Waals surface area (Å²) in [6, 6.07) is 16.2. The van der Waals surface area contributed by atoms with Crippen molar-refractivity contribution in [2.24, 2.45) is 5.92 Å². The molecular weight excluding hydrogens is 382 g/mol. The molecule has 1 saturated heterocycles. The van der Waals surface area contributed by atoms with E-state index in [1.807, 2.05) is 49.1 Å². The predicted octanol–water partition coefficient (Wildman–Crippen LogP) is 3.28. The minimum atomic E-state index is -0.856. The fraction of sp³-hybridized carbons (Fsp3) is 0.391. The molecule has 1 amide bonds. The molecule has 1 N–H and O–H groups in total. The molecule has 3 unspecified atom stereocenters. The molecule has 3 atom stereocenters. The van der Waals surface area contributed by atoms with Crippen molar-refractivity contribution in [1.82, 2.24) is 15.1 Å². The van der Waals surface area contributed by atoms with Gasteiger partial charge in [-0.05, 0) is 44.1 Å². The zero-order valence-corrected chi connectivity index (χ0v) is 18.1. The van der Waals surface area contributed by atoms with Crippen LogP contribution in [0.4, 0.5) is 0 Å². The summed E-state index contributed by atoms with van der Waals surface area (Å²) >= 11 is 5.75. The normalized spacial score (nSPS) is 25.0. The van der Waals surface area contributed by atoms with Gasteiger partial charge in [-0.1, -0.05) is 48.0 Å². The minimum absolute atomic E-state index is 0.0318. The third kappa shape index (κ3) is 3.35. The first-order valence-corrected chi connectivity index (χ1v) is 10.3. The summed E-state index contributed by atoms with van der Waals surface area (Å²) in [4.78, 5) is 17.0. The van der Waals surface area contributed by atoms with Crippen LogP contribution in [-0.2, 0) is 11.2 Å². The first-order chi connectivity index (χ1) is 13.8. The van der Waals surface area contributed by atoms with Crippen LogP contribution in [0.2, 0.25) is 0 Å². The van der Waals surface area contributed by atoms with Crippen LogP contribution in [0, 0.1) is 12.8 Å². The van der Waals surface area contributed by atoms with Crippen LogP contribution < -0.4 is 10.1 Å². The van der Waals surface area contributed by atoms with Gasteiger partial charge >= 0.3 is 0 Å². The summed E-state index contributed by atoms with van der Waals surface area (Å²) in [6.07, 6.45) is 0.815. The predicted molar refractivity (Wildman–Crippen MR) is 118 cm³/mol. The maximum Gasteiger partial charge on any atom is 0.233 e. The van der Waals surface area contributed by atoms with E-state index in [4.69, 9.17) is 17.0 Å². The molecule has 0 spiro atoms. The van der Waals surface area contributed by atoms with Crippen LogP contribution in [0.25, 0.3) is 0 Å². The van der Waals surface area contributed by atoms with Crippen LogP contribution in [-0.4, -0.2) is 47.2 Å². The van der Waals surface area contributed by atoms with Crippen molar-refractivity contribution >= 4 is 23.2 Å². The van der Waals surface area contributed by atoms with Gasteiger partial charge in [-0.3, -0.25) is 4.79 Å². The van der Waals surface area contributed by atoms with E-state index >= 15 is 0 Å². The average Bonchev–Trinajstić information content (AvgIpc) is 2.68. The number of thiocarbonyl (C=S) groups is 1. The van der Waals surface area contributed by atoms with Gasteiger partial charge in [-0.25, -0.2) is 0 Å². The summed E-state index contributed by atoms with van der Waals surface area (Å²) in [5, 5.41) is 4.09. The van der Waals surface area contributed by atoms with Crippen LogP contribution in [0.1, 0.15) is 29.7 Å². The number of carbonyl (C=O) groups is 1. The number of hydrogen-bond donors (Lipinski definition) is 1. The molecule has 0 aromatic heterocycles. The summed E-state index contributed by atoms with van der Waals surface area (Å²) < 4.78 is 6.55. The second kappa shape index (κ2) is 7.34. The molecule has 4 rings (SSSR count). The lowest BCUT2D eigenvalue weighted by molar-refractivity contribution is -0.161. The van der Waals surface area contributed by atoms with Gasteiger partial charge in [-0.15, -0.1) is 0 Å². The first-order valence-electron chi connectivity index (χ1n) is 9.94. The van der Waals surface area contributed by atoms with Crippen molar-refractivity contribution in [3.63, 3.8) is 0 Å². The second-order valence-corrected chi connectivity index (χ2v) is 8.61. The molecule has 6 heteroatoms. The van der Waals surface area contributed by atoms with Crippen molar-refractivity contribution in [2.75, 3.05) is 20.6 Å². The Morgan fingerprint density at radius 3 is 2.66 bits per heavy atom. The topological polar surface area (TPSA) is 44.8 Å². The molecule has 2 aromatic rings. The summed E-state index contributed by atoms with van der Waals surface area (Å²) in [7, 11) is 3.58. The number of carbonyl (C=O) groups excluding carboxylic acids is 1. The fourth-order valence-corrected chi connectivity index (χ4v) is 4.83. The molecule has 5 nitrogen and oxygen atoms in total. The third-order valence-electron chi connectivity index (χ3n) is 5.96. The number of ether oxygens (including phenoxy) is 1. The van der Waals surface area contributed by atoms with Crippen LogP contribution in [0.15, 0.2) is 48.5 Å². The summed E-state index contributed by atoms with van der Waals surface area (Å²) in [6.45, 7) is 4.70. The van der Waals surface area contributed by atoms with Gasteiger partial charge < -0.3 is 19.9 Å². The molecule has 29 heavy (non-hydrogen) atoms. The lowest BCUT2D eigenvalue weighted by Gasteiger charge is -2.56. The quantitative estimate of drug-likeness (QED) is 0.785. The maximum absolute atomic E-state index is 13.3. The zero-order valence-electron chi connectivity index (χ0n) is 17.3. The van der Waals surface area contributed by atoms with E-state index in [0.717, 1.165) is 23.3 Å². The molecule has 0 aliphatic carbocycles. The molecule has 2 heterocycles. The lowest BCUT2D eigenvalue weighted by Crippen LogP contribution is -2.72.